The fourth-order valence-electron chi connectivity index (χ4n) is 2.66. The van der Waals surface area contributed by atoms with Crippen LogP contribution in [0, 0.1) is 0 Å². The molecular formula is C17H18N2O. The summed E-state index contributed by atoms with van der Waals surface area (Å²) >= 11 is 0. The Morgan fingerprint density at radius 1 is 1.00 bits per heavy atom. The van der Waals surface area contributed by atoms with E-state index in [2.05, 4.69) is 22.3 Å². The first-order valence-corrected chi connectivity index (χ1v) is 6.98. The van der Waals surface area contributed by atoms with E-state index >= 15 is 0 Å². The van der Waals surface area contributed by atoms with Gasteiger partial charge in [0.15, 0.2) is 5.78 Å². The Morgan fingerprint density at radius 2 is 1.65 bits per heavy atom. The van der Waals surface area contributed by atoms with E-state index in [9.17, 15) is 4.79 Å². The largest absolute Gasteiger partial charge is 0.359 e. The average molecular weight is 266 g/mol. The van der Waals surface area contributed by atoms with Crippen molar-refractivity contribution in [3.63, 3.8) is 0 Å². The third kappa shape index (κ3) is 2.58. The molecule has 1 unspecified atom stereocenters. The minimum Gasteiger partial charge on any atom is -0.359 e. The van der Waals surface area contributed by atoms with Crippen LogP contribution in [0.1, 0.15) is 10.4 Å². The molecule has 1 fully saturated rings. The Kier molecular flexibility index (Phi) is 3.79. The molecule has 0 aliphatic carbocycles. The number of nitrogens with one attached hydrogen (secondary N) is 1. The highest BCUT2D eigenvalue weighted by molar-refractivity contribution is 6.02. The van der Waals surface area contributed by atoms with Crippen molar-refractivity contribution in [3.05, 3.63) is 66.2 Å². The van der Waals surface area contributed by atoms with Crippen LogP contribution in [-0.2, 0) is 0 Å². The van der Waals surface area contributed by atoms with Crippen LogP contribution < -0.4 is 10.2 Å². The van der Waals surface area contributed by atoms with Gasteiger partial charge in [0.25, 0.3) is 0 Å². The molecule has 20 heavy (non-hydrogen) atoms. The summed E-state index contributed by atoms with van der Waals surface area (Å²) in [5.41, 5.74) is 1.89. The Morgan fingerprint density at radius 3 is 2.35 bits per heavy atom. The van der Waals surface area contributed by atoms with Crippen molar-refractivity contribution in [2.45, 2.75) is 6.04 Å². The van der Waals surface area contributed by atoms with Gasteiger partial charge < -0.3 is 10.2 Å². The Balaban J connectivity index is 1.88. The van der Waals surface area contributed by atoms with Gasteiger partial charge in [0.1, 0.15) is 6.04 Å². The molecule has 0 radical (unpaired) electrons. The second-order valence-corrected chi connectivity index (χ2v) is 4.98. The number of hydrogen-bond donors (Lipinski definition) is 1. The highest BCUT2D eigenvalue weighted by atomic mass is 16.1. The van der Waals surface area contributed by atoms with Crippen LogP contribution in [0.25, 0.3) is 0 Å². The molecule has 102 valence electrons. The number of ketones is 1. The van der Waals surface area contributed by atoms with Gasteiger partial charge in [-0.2, -0.15) is 0 Å². The highest BCUT2D eigenvalue weighted by Crippen LogP contribution is 2.20. The summed E-state index contributed by atoms with van der Waals surface area (Å²) in [6, 6.07) is 19.6. The summed E-state index contributed by atoms with van der Waals surface area (Å²) in [4.78, 5) is 14.9. The normalized spacial score (nSPS) is 18.8. The molecule has 1 aliphatic heterocycles. The van der Waals surface area contributed by atoms with Gasteiger partial charge in [-0.1, -0.05) is 48.5 Å². The van der Waals surface area contributed by atoms with Gasteiger partial charge >= 0.3 is 0 Å². The summed E-state index contributed by atoms with van der Waals surface area (Å²) < 4.78 is 0. The predicted molar refractivity (Wildman–Crippen MR) is 81.2 cm³/mol. The number of anilines is 1. The van der Waals surface area contributed by atoms with Gasteiger partial charge in [-0.3, -0.25) is 4.79 Å². The van der Waals surface area contributed by atoms with E-state index in [0.717, 1.165) is 24.3 Å². The third-order valence-corrected chi connectivity index (χ3v) is 3.69. The maximum Gasteiger partial charge on any atom is 0.186 e. The van der Waals surface area contributed by atoms with E-state index < -0.39 is 0 Å². The third-order valence-electron chi connectivity index (χ3n) is 3.69. The Hall–Kier alpha value is -2.13. The second-order valence-electron chi connectivity index (χ2n) is 4.98. The zero-order chi connectivity index (χ0) is 13.8. The molecule has 0 saturated carbocycles. The lowest BCUT2D eigenvalue weighted by atomic mass is 10.0. The van der Waals surface area contributed by atoms with E-state index in [1.165, 1.54) is 0 Å². The molecule has 1 aliphatic rings. The molecule has 1 atom stereocenters. The molecule has 2 aromatic rings. The van der Waals surface area contributed by atoms with Crippen LogP contribution in [0.15, 0.2) is 60.7 Å². The van der Waals surface area contributed by atoms with Crippen LogP contribution in [0.3, 0.4) is 0 Å². The zero-order valence-electron chi connectivity index (χ0n) is 11.3. The van der Waals surface area contributed by atoms with Crippen LogP contribution in [0.5, 0.6) is 0 Å². The fraction of sp³-hybridized carbons (Fsp3) is 0.235. The van der Waals surface area contributed by atoms with Crippen molar-refractivity contribution >= 4 is 11.5 Å². The van der Waals surface area contributed by atoms with Crippen LogP contribution in [0.4, 0.5) is 5.69 Å². The summed E-state index contributed by atoms with van der Waals surface area (Å²) in [6.45, 7) is 2.46. The highest BCUT2D eigenvalue weighted by Gasteiger charge is 2.29. The van der Waals surface area contributed by atoms with Crippen molar-refractivity contribution in [2.24, 2.45) is 0 Å². The summed E-state index contributed by atoms with van der Waals surface area (Å²) in [7, 11) is 0. The van der Waals surface area contributed by atoms with Gasteiger partial charge in [-0.05, 0) is 12.1 Å². The van der Waals surface area contributed by atoms with Crippen molar-refractivity contribution in [3.8, 4) is 0 Å². The maximum absolute atomic E-state index is 12.7. The number of hydrogen-bond acceptors (Lipinski definition) is 3. The van der Waals surface area contributed by atoms with E-state index in [0.29, 0.717) is 6.54 Å². The molecule has 3 rings (SSSR count). The van der Waals surface area contributed by atoms with Crippen molar-refractivity contribution in [1.29, 1.82) is 0 Å². The molecule has 0 aromatic heterocycles. The molecule has 3 heteroatoms. The topological polar surface area (TPSA) is 32.3 Å². The first-order valence-electron chi connectivity index (χ1n) is 6.98. The molecule has 0 bridgehead atoms. The van der Waals surface area contributed by atoms with Crippen molar-refractivity contribution in [1.82, 2.24) is 5.32 Å². The summed E-state index contributed by atoms with van der Waals surface area (Å²) in [6.07, 6.45) is 0. The number of rotatable bonds is 3. The Labute approximate surface area is 119 Å². The van der Waals surface area contributed by atoms with E-state index in [1.54, 1.807) is 0 Å². The lowest BCUT2D eigenvalue weighted by Gasteiger charge is -2.37. The fourth-order valence-corrected chi connectivity index (χ4v) is 2.66. The molecule has 1 saturated heterocycles. The first-order chi connectivity index (χ1) is 9.86. The summed E-state index contributed by atoms with van der Waals surface area (Å²) in [5, 5.41) is 3.32. The summed E-state index contributed by atoms with van der Waals surface area (Å²) in [5.74, 6) is 0.182. The lowest BCUT2D eigenvalue weighted by Crippen LogP contribution is -2.55. The van der Waals surface area contributed by atoms with Gasteiger partial charge in [0, 0.05) is 30.9 Å². The number of benzene rings is 2. The lowest BCUT2D eigenvalue weighted by molar-refractivity contribution is 0.0951. The number of Topliss-reactive ketones (excluding diaryl/α,β-unsaturated/α-hetero) is 1. The van der Waals surface area contributed by atoms with E-state index in [-0.39, 0.29) is 11.8 Å². The molecule has 0 spiro atoms. The average Bonchev–Trinajstić information content (AvgIpc) is 2.56. The predicted octanol–water partition coefficient (Wildman–Crippen LogP) is 2.35. The molecular weight excluding hydrogens is 248 g/mol. The van der Waals surface area contributed by atoms with E-state index in [4.69, 9.17) is 0 Å². The second kappa shape index (κ2) is 5.88. The number of carbonyl (C=O) groups excluding carboxylic acids is 1. The van der Waals surface area contributed by atoms with E-state index in [1.807, 2.05) is 48.5 Å². The minimum atomic E-state index is -0.131. The maximum atomic E-state index is 12.7. The smallest absolute Gasteiger partial charge is 0.186 e. The number of para-hydroxylation sites is 1. The first kappa shape index (κ1) is 12.9. The molecule has 2 aromatic carbocycles. The molecule has 0 amide bonds. The number of piperazine rings is 1. The zero-order valence-corrected chi connectivity index (χ0v) is 11.3. The van der Waals surface area contributed by atoms with Crippen molar-refractivity contribution < 1.29 is 4.79 Å². The molecule has 3 nitrogen and oxygen atoms in total. The van der Waals surface area contributed by atoms with Crippen LogP contribution >= 0.6 is 0 Å². The minimum absolute atomic E-state index is 0.131. The quantitative estimate of drug-likeness (QED) is 0.866. The Bertz CT molecular complexity index is 568. The number of carbonyl (C=O) groups is 1. The van der Waals surface area contributed by atoms with Gasteiger partial charge in [-0.25, -0.2) is 0 Å². The van der Waals surface area contributed by atoms with Gasteiger partial charge in [0.05, 0.1) is 0 Å². The molecule has 1 heterocycles. The number of nitrogens with zero attached hydrogens (tertiary/aromatic N) is 1. The molecule has 1 N–H and O–H groups in total. The van der Waals surface area contributed by atoms with Crippen LogP contribution in [-0.4, -0.2) is 31.5 Å². The van der Waals surface area contributed by atoms with Crippen LogP contribution in [0.2, 0.25) is 0 Å². The van der Waals surface area contributed by atoms with Gasteiger partial charge in [0.2, 0.25) is 0 Å². The van der Waals surface area contributed by atoms with Gasteiger partial charge in [-0.15, -0.1) is 0 Å². The SMILES string of the molecule is O=C(c1ccccc1)C1CNCCN1c1ccccc1. The monoisotopic (exact) mass is 266 g/mol. The van der Waals surface area contributed by atoms with Crippen molar-refractivity contribution in [2.75, 3.05) is 24.5 Å². The standard InChI is InChI=1S/C17H18N2O/c20-17(14-7-3-1-4-8-14)16-13-18-11-12-19(16)15-9-5-2-6-10-15/h1-10,16,18H,11-13H2.